The Morgan fingerprint density at radius 2 is 1.92 bits per heavy atom. The molecular formula is C16H15F3N2O2S. The van der Waals surface area contributed by atoms with E-state index in [4.69, 9.17) is 0 Å². The Kier molecular flexibility index (Phi) is 5.48. The molecule has 0 bridgehead atoms. The fourth-order valence-electron chi connectivity index (χ4n) is 2.18. The molecule has 2 rings (SSSR count). The van der Waals surface area contributed by atoms with Crippen molar-refractivity contribution in [1.29, 1.82) is 0 Å². The van der Waals surface area contributed by atoms with Crippen molar-refractivity contribution in [2.24, 2.45) is 0 Å². The Bertz CT molecular complexity index is 785. The molecule has 1 aromatic carbocycles. The van der Waals surface area contributed by atoms with Gasteiger partial charge in [-0.05, 0) is 29.9 Å². The van der Waals surface area contributed by atoms with Crippen molar-refractivity contribution in [1.82, 2.24) is 9.97 Å². The van der Waals surface area contributed by atoms with E-state index in [0.717, 1.165) is 18.2 Å². The Hall–Kier alpha value is -2.09. The number of benzene rings is 1. The highest BCUT2D eigenvalue weighted by atomic mass is 32.2. The third kappa shape index (κ3) is 4.47. The molecule has 0 aliphatic heterocycles. The first-order valence-corrected chi connectivity index (χ1v) is 8.29. The molecule has 1 heterocycles. The van der Waals surface area contributed by atoms with Crippen molar-refractivity contribution in [2.45, 2.75) is 30.6 Å². The molecule has 8 heteroatoms. The van der Waals surface area contributed by atoms with Gasteiger partial charge in [0.1, 0.15) is 5.69 Å². The van der Waals surface area contributed by atoms with Gasteiger partial charge < -0.3 is 4.98 Å². The topological polar surface area (TPSA) is 62.8 Å². The molecule has 0 saturated heterocycles. The molecule has 1 N–H and O–H groups in total. The zero-order valence-corrected chi connectivity index (χ0v) is 13.8. The van der Waals surface area contributed by atoms with Crippen LogP contribution in [0.25, 0.3) is 0 Å². The number of alkyl halides is 3. The molecule has 1 atom stereocenters. The lowest BCUT2D eigenvalue weighted by atomic mass is 9.94. The molecule has 0 fully saturated rings. The molecule has 1 aromatic heterocycles. The van der Waals surface area contributed by atoms with Gasteiger partial charge in [0, 0.05) is 12.5 Å². The van der Waals surface area contributed by atoms with E-state index in [-0.39, 0.29) is 23.8 Å². The van der Waals surface area contributed by atoms with E-state index in [1.165, 1.54) is 23.9 Å². The third-order valence-corrected chi connectivity index (χ3v) is 4.08. The number of carbonyl (C=O) groups is 1. The second kappa shape index (κ2) is 7.21. The fourth-order valence-corrected chi connectivity index (χ4v) is 2.57. The van der Waals surface area contributed by atoms with Crippen molar-refractivity contribution in [2.75, 3.05) is 6.26 Å². The number of ketones is 1. The number of aromatic amines is 1. The number of carbonyl (C=O) groups excluding carboxylic acids is 1. The van der Waals surface area contributed by atoms with Crippen LogP contribution in [0.4, 0.5) is 13.2 Å². The minimum Gasteiger partial charge on any atom is -0.301 e. The number of nitrogens with one attached hydrogen (secondary N) is 1. The molecule has 0 radical (unpaired) electrons. The number of halogens is 3. The van der Waals surface area contributed by atoms with Crippen molar-refractivity contribution in [3.05, 3.63) is 57.5 Å². The normalized spacial score (nSPS) is 12.9. The van der Waals surface area contributed by atoms with E-state index < -0.39 is 17.3 Å². The molecule has 0 aliphatic rings. The summed E-state index contributed by atoms with van der Waals surface area (Å²) in [5, 5.41) is 0.341. The highest BCUT2D eigenvalue weighted by molar-refractivity contribution is 7.98. The first kappa shape index (κ1) is 18.3. The highest BCUT2D eigenvalue weighted by Crippen LogP contribution is 2.30. The number of thioether (sulfide) groups is 1. The van der Waals surface area contributed by atoms with Gasteiger partial charge in [-0.3, -0.25) is 9.59 Å². The van der Waals surface area contributed by atoms with Crippen molar-refractivity contribution >= 4 is 17.5 Å². The first-order valence-electron chi connectivity index (χ1n) is 7.06. The van der Waals surface area contributed by atoms with Crippen LogP contribution < -0.4 is 5.56 Å². The van der Waals surface area contributed by atoms with E-state index in [1.807, 2.05) is 0 Å². The number of rotatable bonds is 5. The van der Waals surface area contributed by atoms with Crippen LogP contribution in [0.1, 0.15) is 40.9 Å². The van der Waals surface area contributed by atoms with Gasteiger partial charge in [-0.2, -0.15) is 13.2 Å². The van der Waals surface area contributed by atoms with Gasteiger partial charge in [0.25, 0.3) is 5.56 Å². The Morgan fingerprint density at radius 3 is 2.46 bits per heavy atom. The van der Waals surface area contributed by atoms with Crippen LogP contribution in [-0.4, -0.2) is 22.0 Å². The maximum atomic E-state index is 12.6. The van der Waals surface area contributed by atoms with Crippen LogP contribution in [0.5, 0.6) is 0 Å². The second-order valence-corrected chi connectivity index (χ2v) is 6.08. The van der Waals surface area contributed by atoms with Crippen molar-refractivity contribution < 1.29 is 18.0 Å². The van der Waals surface area contributed by atoms with Crippen molar-refractivity contribution in [3.8, 4) is 0 Å². The van der Waals surface area contributed by atoms with E-state index in [9.17, 15) is 22.8 Å². The molecule has 2 aromatic rings. The molecule has 0 aliphatic carbocycles. The molecule has 0 amide bonds. The predicted molar refractivity (Wildman–Crippen MR) is 85.4 cm³/mol. The van der Waals surface area contributed by atoms with Gasteiger partial charge in [0.2, 0.25) is 0 Å². The number of hydrogen-bond acceptors (Lipinski definition) is 4. The summed E-state index contributed by atoms with van der Waals surface area (Å²) < 4.78 is 37.7. The maximum absolute atomic E-state index is 12.6. The Labute approximate surface area is 140 Å². The fraction of sp³-hybridized carbons (Fsp3) is 0.312. The minimum atomic E-state index is -4.39. The standard InChI is InChI=1S/C16H15F3N2O2S/c1-9(10-3-5-11(6-4-10)16(17,18)19)7-13(22)12-8-14(23)21-15(20-12)24-2/h3-6,8-9H,7H2,1-2H3,(H,20,21,23)/t9-/m0/s1. The van der Waals surface area contributed by atoms with E-state index in [2.05, 4.69) is 9.97 Å². The molecular weight excluding hydrogens is 341 g/mol. The van der Waals surface area contributed by atoms with Crippen LogP contribution in [0, 0.1) is 0 Å². The number of nitrogens with zero attached hydrogens (tertiary/aromatic N) is 1. The average Bonchev–Trinajstić information content (AvgIpc) is 2.53. The quantitative estimate of drug-likeness (QED) is 0.502. The number of Topliss-reactive ketones (excluding diaryl/α,β-unsaturated/α-hetero) is 1. The van der Waals surface area contributed by atoms with Gasteiger partial charge in [0.15, 0.2) is 10.9 Å². The molecule has 128 valence electrons. The molecule has 4 nitrogen and oxygen atoms in total. The second-order valence-electron chi connectivity index (χ2n) is 5.29. The van der Waals surface area contributed by atoms with Gasteiger partial charge in [-0.1, -0.05) is 30.8 Å². The van der Waals surface area contributed by atoms with E-state index in [1.54, 1.807) is 13.2 Å². The Balaban J connectivity index is 2.14. The average molecular weight is 356 g/mol. The number of aromatic nitrogens is 2. The van der Waals surface area contributed by atoms with Crippen LogP contribution in [-0.2, 0) is 6.18 Å². The number of hydrogen-bond donors (Lipinski definition) is 1. The number of H-pyrrole nitrogens is 1. The highest BCUT2D eigenvalue weighted by Gasteiger charge is 2.30. The van der Waals surface area contributed by atoms with Gasteiger partial charge in [-0.15, -0.1) is 0 Å². The van der Waals surface area contributed by atoms with Crippen LogP contribution in [0.2, 0.25) is 0 Å². The summed E-state index contributed by atoms with van der Waals surface area (Å²) in [5.41, 5.74) is -0.473. The van der Waals surface area contributed by atoms with E-state index >= 15 is 0 Å². The maximum Gasteiger partial charge on any atom is 0.416 e. The molecule has 0 saturated carbocycles. The largest absolute Gasteiger partial charge is 0.416 e. The first-order chi connectivity index (χ1) is 11.2. The zero-order valence-electron chi connectivity index (χ0n) is 13.0. The summed E-state index contributed by atoms with van der Waals surface area (Å²) in [6.07, 6.45) is -2.62. The summed E-state index contributed by atoms with van der Waals surface area (Å²) in [6, 6.07) is 5.83. The minimum absolute atomic E-state index is 0.0512. The smallest absolute Gasteiger partial charge is 0.301 e. The third-order valence-electron chi connectivity index (χ3n) is 3.50. The molecule has 0 unspecified atom stereocenters. The zero-order chi connectivity index (χ0) is 17.9. The summed E-state index contributed by atoms with van der Waals surface area (Å²) >= 11 is 1.21. The summed E-state index contributed by atoms with van der Waals surface area (Å²) in [6.45, 7) is 1.74. The lowest BCUT2D eigenvalue weighted by molar-refractivity contribution is -0.137. The van der Waals surface area contributed by atoms with Gasteiger partial charge in [0.05, 0.1) is 5.56 Å². The SMILES string of the molecule is CSc1nc(C(=O)C[C@H](C)c2ccc(C(F)(F)F)cc2)cc(=O)[nH]1. The lowest BCUT2D eigenvalue weighted by Crippen LogP contribution is -2.15. The summed E-state index contributed by atoms with van der Waals surface area (Å²) in [7, 11) is 0. The van der Waals surface area contributed by atoms with E-state index in [0.29, 0.717) is 10.7 Å². The monoisotopic (exact) mass is 356 g/mol. The molecule has 24 heavy (non-hydrogen) atoms. The van der Waals surface area contributed by atoms with Crippen molar-refractivity contribution in [3.63, 3.8) is 0 Å². The summed E-state index contributed by atoms with van der Waals surface area (Å²) in [4.78, 5) is 30.3. The molecule has 0 spiro atoms. The summed E-state index contributed by atoms with van der Waals surface area (Å²) in [5.74, 6) is -0.623. The Morgan fingerprint density at radius 1 is 1.29 bits per heavy atom. The van der Waals surface area contributed by atoms with Crippen LogP contribution in [0.3, 0.4) is 0 Å². The van der Waals surface area contributed by atoms with Crippen LogP contribution >= 0.6 is 11.8 Å². The van der Waals surface area contributed by atoms with Gasteiger partial charge >= 0.3 is 6.18 Å². The van der Waals surface area contributed by atoms with Crippen LogP contribution in [0.15, 0.2) is 40.3 Å². The lowest BCUT2D eigenvalue weighted by Gasteiger charge is -2.13. The predicted octanol–water partition coefficient (Wildman–Crippen LogP) is 3.89. The van der Waals surface area contributed by atoms with Gasteiger partial charge in [-0.25, -0.2) is 4.98 Å².